The molecule has 0 aliphatic carbocycles. The van der Waals surface area contributed by atoms with Gasteiger partial charge in [0, 0.05) is 0 Å². The van der Waals surface area contributed by atoms with Gasteiger partial charge >= 0.3 is 5.24 Å². The largest absolute Gasteiger partial charge is 0.368 e. The number of carbonyl (C=O) groups is 1. The van der Waals surface area contributed by atoms with Gasteiger partial charge in [-0.2, -0.15) is 0 Å². The number of hydrogen-bond acceptors (Lipinski definition) is 4. The van der Waals surface area contributed by atoms with Gasteiger partial charge in [-0.15, -0.1) is 0 Å². The fourth-order valence-corrected chi connectivity index (χ4v) is 1.53. The van der Waals surface area contributed by atoms with E-state index in [1.807, 2.05) is 12.1 Å². The number of oxime groups is 1. The van der Waals surface area contributed by atoms with Gasteiger partial charge in [0.25, 0.3) is 5.96 Å². The minimum absolute atomic E-state index is 0.275. The van der Waals surface area contributed by atoms with E-state index in [-0.39, 0.29) is 5.96 Å². The summed E-state index contributed by atoms with van der Waals surface area (Å²) < 4.78 is 0. The zero-order chi connectivity index (χ0) is 15.1. The van der Waals surface area contributed by atoms with E-state index < -0.39 is 5.24 Å². The second-order valence-electron chi connectivity index (χ2n) is 3.84. The zero-order valence-electron chi connectivity index (χ0n) is 10.9. The first-order chi connectivity index (χ1) is 10.2. The Kier molecular flexibility index (Phi) is 5.05. The number of hydroxylamine groups is 2. The first-order valence-corrected chi connectivity index (χ1v) is 6.43. The Morgan fingerprint density at radius 1 is 1.00 bits per heavy atom. The molecule has 0 saturated carbocycles. The summed E-state index contributed by atoms with van der Waals surface area (Å²) in [5.41, 5.74) is 5.67. The van der Waals surface area contributed by atoms with Crippen molar-refractivity contribution in [2.24, 2.45) is 10.9 Å². The van der Waals surface area contributed by atoms with Crippen molar-refractivity contribution < 1.29 is 14.5 Å². The summed E-state index contributed by atoms with van der Waals surface area (Å²) in [5, 5.41) is 3.64. The first kappa shape index (κ1) is 14.7. The molecule has 0 radical (unpaired) electrons. The highest BCUT2D eigenvalue weighted by molar-refractivity contribution is 7.96. The van der Waals surface area contributed by atoms with Crippen LogP contribution >= 0.6 is 12.6 Å². The molecule has 6 nitrogen and oxygen atoms in total. The van der Waals surface area contributed by atoms with Gasteiger partial charge in [0.2, 0.25) is 0 Å². The van der Waals surface area contributed by atoms with E-state index in [9.17, 15) is 4.79 Å². The van der Waals surface area contributed by atoms with Gasteiger partial charge < -0.3 is 15.4 Å². The number of carbonyl (C=O) groups excluding carboxylic acids is 1. The fraction of sp³-hybridized carbons (Fsp3) is 0. The Bertz CT molecular complexity index is 620. The van der Waals surface area contributed by atoms with Crippen LogP contribution in [0.1, 0.15) is 0 Å². The minimum Gasteiger partial charge on any atom is -0.368 e. The lowest BCUT2D eigenvalue weighted by molar-refractivity contribution is 0.0654. The normalized spacial score (nSPS) is 10.8. The molecule has 0 aromatic heterocycles. The summed E-state index contributed by atoms with van der Waals surface area (Å²) in [6, 6.07) is 17.4. The Hall–Kier alpha value is -2.67. The molecule has 0 heterocycles. The van der Waals surface area contributed by atoms with Crippen molar-refractivity contribution in [2.45, 2.75) is 0 Å². The van der Waals surface area contributed by atoms with Gasteiger partial charge in [-0.05, 0) is 29.4 Å². The molecule has 0 saturated heterocycles. The number of hydrogen-bond donors (Lipinski definition) is 2. The lowest BCUT2D eigenvalue weighted by Gasteiger charge is -2.18. The summed E-state index contributed by atoms with van der Waals surface area (Å²) in [6.45, 7) is 0. The molecule has 0 atom stereocenters. The molecule has 0 spiro atoms. The number of rotatable bonds is 4. The second-order valence-corrected chi connectivity index (χ2v) is 4.22. The molecule has 2 rings (SSSR count). The number of guanidine groups is 1. The van der Waals surface area contributed by atoms with Gasteiger partial charge in [-0.1, -0.05) is 54.1 Å². The van der Waals surface area contributed by atoms with E-state index in [1.54, 1.807) is 48.5 Å². The highest BCUT2D eigenvalue weighted by atomic mass is 32.1. The monoisotopic (exact) mass is 303 g/mol. The average Bonchev–Trinajstić information content (AvgIpc) is 2.52. The Morgan fingerprint density at radius 3 is 2.05 bits per heavy atom. The van der Waals surface area contributed by atoms with Crippen molar-refractivity contribution in [3.63, 3.8) is 0 Å². The first-order valence-electron chi connectivity index (χ1n) is 5.98. The predicted molar refractivity (Wildman–Crippen MR) is 82.0 cm³/mol. The molecule has 7 heteroatoms. The zero-order valence-corrected chi connectivity index (χ0v) is 11.8. The third kappa shape index (κ3) is 4.43. The molecule has 0 bridgehead atoms. The quantitative estimate of drug-likeness (QED) is 0.394. The number of thiol groups is 1. The van der Waals surface area contributed by atoms with E-state index in [4.69, 9.17) is 15.4 Å². The van der Waals surface area contributed by atoms with Crippen molar-refractivity contribution in [1.82, 2.24) is 5.06 Å². The number of benzene rings is 2. The minimum atomic E-state index is -0.725. The van der Waals surface area contributed by atoms with Crippen LogP contribution < -0.4 is 15.4 Å². The van der Waals surface area contributed by atoms with Gasteiger partial charge in [-0.3, -0.25) is 4.79 Å². The summed E-state index contributed by atoms with van der Waals surface area (Å²) in [4.78, 5) is 21.8. The number of para-hydroxylation sites is 2. The van der Waals surface area contributed by atoms with Crippen molar-refractivity contribution in [2.75, 3.05) is 0 Å². The molecule has 2 aromatic rings. The summed E-state index contributed by atoms with van der Waals surface area (Å²) in [7, 11) is 0. The van der Waals surface area contributed by atoms with Crippen LogP contribution in [0.15, 0.2) is 65.8 Å². The van der Waals surface area contributed by atoms with Crippen LogP contribution in [0.3, 0.4) is 0 Å². The number of nitrogens with zero attached hydrogens (tertiary/aromatic N) is 2. The second kappa shape index (κ2) is 7.20. The van der Waals surface area contributed by atoms with Gasteiger partial charge in [0.1, 0.15) is 0 Å². The fourth-order valence-electron chi connectivity index (χ4n) is 1.39. The lowest BCUT2D eigenvalue weighted by atomic mass is 10.3. The maximum atomic E-state index is 11.4. The summed E-state index contributed by atoms with van der Waals surface area (Å²) >= 11 is 3.69. The smallest absolute Gasteiger partial charge is 0.319 e. The molecule has 0 aliphatic heterocycles. The number of nitrogens with two attached hydrogens (primary N) is 1. The third-order valence-corrected chi connectivity index (χ3v) is 2.49. The van der Waals surface area contributed by atoms with Gasteiger partial charge in [0.15, 0.2) is 11.5 Å². The van der Waals surface area contributed by atoms with E-state index >= 15 is 0 Å². The lowest BCUT2D eigenvalue weighted by Crippen LogP contribution is -2.42. The van der Waals surface area contributed by atoms with Crippen LogP contribution in [-0.4, -0.2) is 16.3 Å². The molecular formula is C14H13N3O3S. The Balaban J connectivity index is 2.08. The topological polar surface area (TPSA) is 77.2 Å². The van der Waals surface area contributed by atoms with E-state index in [1.165, 1.54) is 0 Å². The Labute approximate surface area is 127 Å². The maximum Gasteiger partial charge on any atom is 0.319 e. The van der Waals surface area contributed by atoms with Crippen molar-refractivity contribution in [1.29, 1.82) is 0 Å². The SMILES string of the molecule is NC(=NOc1ccccc1)N(Oc1ccccc1)C(=O)S. The van der Waals surface area contributed by atoms with E-state index in [0.717, 1.165) is 5.06 Å². The maximum absolute atomic E-state index is 11.4. The molecule has 0 aliphatic rings. The van der Waals surface area contributed by atoms with Crippen molar-refractivity contribution in [3.05, 3.63) is 60.7 Å². The van der Waals surface area contributed by atoms with Crippen LogP contribution in [-0.2, 0) is 0 Å². The van der Waals surface area contributed by atoms with E-state index in [0.29, 0.717) is 11.5 Å². The highest BCUT2D eigenvalue weighted by Crippen LogP contribution is 2.12. The molecule has 2 aromatic carbocycles. The molecule has 2 N–H and O–H groups in total. The standard InChI is InChI=1S/C14H13N3O3S/c15-13(16-19-11-7-3-1-4-8-11)17(14(18)21)20-12-9-5-2-6-10-12/h1-10H,(H2,15,16)(H,18,21). The number of amides is 1. The average molecular weight is 303 g/mol. The Morgan fingerprint density at radius 2 is 1.52 bits per heavy atom. The van der Waals surface area contributed by atoms with Crippen molar-refractivity contribution >= 4 is 23.8 Å². The van der Waals surface area contributed by atoms with Gasteiger partial charge in [-0.25, -0.2) is 0 Å². The predicted octanol–water partition coefficient (Wildman–Crippen LogP) is 2.64. The van der Waals surface area contributed by atoms with Crippen LogP contribution in [0.4, 0.5) is 4.79 Å². The van der Waals surface area contributed by atoms with Crippen LogP contribution in [0, 0.1) is 0 Å². The van der Waals surface area contributed by atoms with E-state index in [2.05, 4.69) is 17.8 Å². The van der Waals surface area contributed by atoms with Crippen molar-refractivity contribution in [3.8, 4) is 11.5 Å². The molecule has 21 heavy (non-hydrogen) atoms. The highest BCUT2D eigenvalue weighted by Gasteiger charge is 2.17. The molecular weight excluding hydrogens is 290 g/mol. The molecule has 1 amide bonds. The molecule has 0 fully saturated rings. The van der Waals surface area contributed by atoms with Crippen LogP contribution in [0.2, 0.25) is 0 Å². The summed E-state index contributed by atoms with van der Waals surface area (Å²) in [6.07, 6.45) is 0. The van der Waals surface area contributed by atoms with Crippen LogP contribution in [0.25, 0.3) is 0 Å². The van der Waals surface area contributed by atoms with Crippen LogP contribution in [0.5, 0.6) is 11.5 Å². The summed E-state index contributed by atoms with van der Waals surface area (Å²) in [5.74, 6) is 0.618. The van der Waals surface area contributed by atoms with Gasteiger partial charge in [0.05, 0.1) is 0 Å². The molecule has 0 unspecified atom stereocenters. The molecule has 108 valence electrons. The third-order valence-electron chi connectivity index (χ3n) is 2.31.